The molecule has 1 atom stereocenters. The summed E-state index contributed by atoms with van der Waals surface area (Å²) in [6, 6.07) is 0. The van der Waals surface area contributed by atoms with Crippen LogP contribution in [0.4, 0.5) is 0 Å². The molecule has 1 unspecified atom stereocenters. The van der Waals surface area contributed by atoms with Crippen molar-refractivity contribution in [3.05, 3.63) is 0 Å². The lowest BCUT2D eigenvalue weighted by molar-refractivity contribution is -0.134. The van der Waals surface area contributed by atoms with Crippen LogP contribution in [0, 0.1) is 5.41 Å². The molecule has 0 aromatic carbocycles. The molecule has 16 heavy (non-hydrogen) atoms. The van der Waals surface area contributed by atoms with Crippen molar-refractivity contribution < 1.29 is 14.3 Å². The number of rotatable bonds is 5. The van der Waals surface area contributed by atoms with E-state index in [0.29, 0.717) is 13.2 Å². The Hall–Kier alpha value is -0.650. The summed E-state index contributed by atoms with van der Waals surface area (Å²) in [6.45, 7) is 5.34. The summed E-state index contributed by atoms with van der Waals surface area (Å²) < 4.78 is 11.0. The summed E-state index contributed by atoms with van der Waals surface area (Å²) in [7, 11) is 0. The van der Waals surface area contributed by atoms with E-state index < -0.39 is 5.41 Å². The summed E-state index contributed by atoms with van der Waals surface area (Å²) in [5, 5.41) is 0. The molecular formula is C11H22N2O3. The lowest BCUT2D eigenvalue weighted by atomic mass is 9.94. The van der Waals surface area contributed by atoms with Gasteiger partial charge in [-0.15, -0.1) is 0 Å². The van der Waals surface area contributed by atoms with Gasteiger partial charge >= 0.3 is 0 Å². The van der Waals surface area contributed by atoms with Crippen LogP contribution in [0.2, 0.25) is 0 Å². The van der Waals surface area contributed by atoms with Crippen LogP contribution in [0.3, 0.4) is 0 Å². The third-order valence-electron chi connectivity index (χ3n) is 2.79. The normalized spacial score (nSPS) is 21.8. The van der Waals surface area contributed by atoms with E-state index >= 15 is 0 Å². The first-order valence-corrected chi connectivity index (χ1v) is 5.76. The molecule has 0 saturated carbocycles. The maximum atomic E-state index is 11.4. The Bertz CT molecular complexity index is 225. The van der Waals surface area contributed by atoms with Crippen molar-refractivity contribution in [1.29, 1.82) is 0 Å². The minimum absolute atomic E-state index is 0.186. The highest BCUT2D eigenvalue weighted by Crippen LogP contribution is 2.17. The zero-order chi connectivity index (χ0) is 12.0. The number of carbonyl (C=O) groups is 1. The van der Waals surface area contributed by atoms with Crippen molar-refractivity contribution in [2.45, 2.75) is 39.2 Å². The molecule has 0 aliphatic carbocycles. The summed E-state index contributed by atoms with van der Waals surface area (Å²) in [5.74, 6) is 4.88. The fourth-order valence-electron chi connectivity index (χ4n) is 1.65. The summed E-state index contributed by atoms with van der Waals surface area (Å²) in [6.07, 6.45) is 3.56. The average Bonchev–Trinajstić information content (AvgIpc) is 2.29. The monoisotopic (exact) mass is 230 g/mol. The van der Waals surface area contributed by atoms with Crippen molar-refractivity contribution in [1.82, 2.24) is 5.43 Å². The number of nitrogens with one attached hydrogen (secondary N) is 1. The molecule has 1 aliphatic rings. The highest BCUT2D eigenvalue weighted by Gasteiger charge is 2.27. The maximum absolute atomic E-state index is 11.4. The summed E-state index contributed by atoms with van der Waals surface area (Å²) in [5.41, 5.74) is 1.55. The van der Waals surface area contributed by atoms with E-state index in [4.69, 9.17) is 15.3 Å². The van der Waals surface area contributed by atoms with Crippen molar-refractivity contribution in [2.24, 2.45) is 11.3 Å². The molecule has 0 spiro atoms. The molecule has 0 bridgehead atoms. The summed E-state index contributed by atoms with van der Waals surface area (Å²) in [4.78, 5) is 11.4. The number of amides is 1. The molecule has 5 nitrogen and oxygen atoms in total. The topological polar surface area (TPSA) is 73.6 Å². The fourth-order valence-corrected chi connectivity index (χ4v) is 1.65. The largest absolute Gasteiger partial charge is 0.378 e. The quantitative estimate of drug-likeness (QED) is 0.412. The number of hydrogen-bond acceptors (Lipinski definition) is 4. The first-order chi connectivity index (χ1) is 7.56. The molecule has 1 amide bonds. The van der Waals surface area contributed by atoms with Gasteiger partial charge in [-0.2, -0.15) is 0 Å². The first-order valence-electron chi connectivity index (χ1n) is 5.76. The van der Waals surface area contributed by atoms with Crippen LogP contribution in [-0.4, -0.2) is 31.8 Å². The van der Waals surface area contributed by atoms with Gasteiger partial charge in [-0.25, -0.2) is 5.84 Å². The number of carbonyl (C=O) groups excluding carboxylic acids is 1. The Morgan fingerprint density at radius 2 is 2.31 bits per heavy atom. The second kappa shape index (κ2) is 6.18. The van der Waals surface area contributed by atoms with E-state index in [1.165, 1.54) is 6.42 Å². The number of hydrazine groups is 1. The maximum Gasteiger partial charge on any atom is 0.241 e. The van der Waals surface area contributed by atoms with Crippen LogP contribution in [0.15, 0.2) is 0 Å². The van der Waals surface area contributed by atoms with Crippen LogP contribution in [0.1, 0.15) is 33.1 Å². The standard InChI is InChI=1S/C11H22N2O3/c1-11(2,10(14)13-12)8-15-7-9-5-3-4-6-16-9/h9H,3-8,12H2,1-2H3,(H,13,14). The SMILES string of the molecule is CC(C)(COCC1CCCCO1)C(=O)NN. The minimum Gasteiger partial charge on any atom is -0.378 e. The zero-order valence-electron chi connectivity index (χ0n) is 10.1. The molecule has 0 aromatic heterocycles. The predicted molar refractivity (Wildman–Crippen MR) is 60.5 cm³/mol. The van der Waals surface area contributed by atoms with Gasteiger partial charge < -0.3 is 9.47 Å². The molecule has 1 aliphatic heterocycles. The van der Waals surface area contributed by atoms with Gasteiger partial charge in [0, 0.05) is 6.61 Å². The van der Waals surface area contributed by atoms with Gasteiger partial charge in [-0.1, -0.05) is 0 Å². The molecule has 94 valence electrons. The molecule has 5 heteroatoms. The Morgan fingerprint density at radius 3 is 2.88 bits per heavy atom. The number of nitrogens with two attached hydrogens (primary N) is 1. The molecule has 0 aromatic rings. The zero-order valence-corrected chi connectivity index (χ0v) is 10.1. The number of hydrogen-bond donors (Lipinski definition) is 2. The van der Waals surface area contributed by atoms with Gasteiger partial charge in [-0.05, 0) is 33.1 Å². The van der Waals surface area contributed by atoms with Crippen molar-refractivity contribution >= 4 is 5.91 Å². The van der Waals surface area contributed by atoms with Crippen LogP contribution >= 0.6 is 0 Å². The van der Waals surface area contributed by atoms with E-state index in [0.717, 1.165) is 19.4 Å². The van der Waals surface area contributed by atoms with E-state index in [-0.39, 0.29) is 12.0 Å². The molecular weight excluding hydrogens is 208 g/mol. The highest BCUT2D eigenvalue weighted by atomic mass is 16.5. The molecule has 1 fully saturated rings. The van der Waals surface area contributed by atoms with Gasteiger partial charge in [0.05, 0.1) is 24.7 Å². The van der Waals surface area contributed by atoms with Gasteiger partial charge in [0.2, 0.25) is 5.91 Å². The molecule has 0 radical (unpaired) electrons. The lowest BCUT2D eigenvalue weighted by Gasteiger charge is -2.26. The first kappa shape index (κ1) is 13.4. The second-order valence-corrected chi connectivity index (χ2v) is 4.86. The Labute approximate surface area is 96.6 Å². The molecule has 3 N–H and O–H groups in total. The van der Waals surface area contributed by atoms with Gasteiger partial charge in [0.1, 0.15) is 0 Å². The van der Waals surface area contributed by atoms with E-state index in [1.807, 2.05) is 0 Å². The smallest absolute Gasteiger partial charge is 0.241 e. The molecule has 1 saturated heterocycles. The lowest BCUT2D eigenvalue weighted by Crippen LogP contribution is -2.43. The minimum atomic E-state index is -0.594. The molecule has 1 rings (SSSR count). The fraction of sp³-hybridized carbons (Fsp3) is 0.909. The van der Waals surface area contributed by atoms with E-state index in [2.05, 4.69) is 5.43 Å². The summed E-state index contributed by atoms with van der Waals surface area (Å²) >= 11 is 0. The second-order valence-electron chi connectivity index (χ2n) is 4.86. The van der Waals surface area contributed by atoms with Crippen molar-refractivity contribution in [2.75, 3.05) is 19.8 Å². The van der Waals surface area contributed by atoms with Crippen LogP contribution in [0.5, 0.6) is 0 Å². The van der Waals surface area contributed by atoms with Crippen LogP contribution < -0.4 is 11.3 Å². The predicted octanol–water partition coefficient (Wildman–Crippen LogP) is 0.588. The Balaban J connectivity index is 2.20. The highest BCUT2D eigenvalue weighted by molar-refractivity contribution is 5.81. The van der Waals surface area contributed by atoms with Gasteiger partial charge in [-0.3, -0.25) is 10.2 Å². The Morgan fingerprint density at radius 1 is 1.56 bits per heavy atom. The average molecular weight is 230 g/mol. The van der Waals surface area contributed by atoms with Crippen molar-refractivity contribution in [3.63, 3.8) is 0 Å². The van der Waals surface area contributed by atoms with Gasteiger partial charge in [0.15, 0.2) is 0 Å². The van der Waals surface area contributed by atoms with Crippen LogP contribution in [-0.2, 0) is 14.3 Å². The third kappa shape index (κ3) is 4.08. The van der Waals surface area contributed by atoms with Crippen LogP contribution in [0.25, 0.3) is 0 Å². The Kier molecular flexibility index (Phi) is 5.18. The number of ether oxygens (including phenoxy) is 2. The van der Waals surface area contributed by atoms with E-state index in [1.54, 1.807) is 13.8 Å². The third-order valence-corrected chi connectivity index (χ3v) is 2.79. The molecule has 1 heterocycles. The van der Waals surface area contributed by atoms with E-state index in [9.17, 15) is 4.79 Å². The van der Waals surface area contributed by atoms with Crippen molar-refractivity contribution in [3.8, 4) is 0 Å². The van der Waals surface area contributed by atoms with Gasteiger partial charge in [0.25, 0.3) is 0 Å².